The van der Waals surface area contributed by atoms with E-state index in [1.807, 2.05) is 31.2 Å². The zero-order valence-corrected chi connectivity index (χ0v) is 18.2. The molecule has 6 rings (SSSR count). The van der Waals surface area contributed by atoms with Crippen LogP contribution in [0, 0.1) is 0 Å². The largest absolute Gasteiger partial charge is 0.497 e. The first-order valence-electron chi connectivity index (χ1n) is 10.8. The van der Waals surface area contributed by atoms with Crippen molar-refractivity contribution in [3.8, 4) is 11.5 Å². The molecule has 2 atom stereocenters. The summed E-state index contributed by atoms with van der Waals surface area (Å²) in [7, 11) is 1.64. The van der Waals surface area contributed by atoms with Gasteiger partial charge in [0.25, 0.3) is 0 Å². The van der Waals surface area contributed by atoms with Crippen molar-refractivity contribution in [1.82, 2.24) is 20.2 Å². The van der Waals surface area contributed by atoms with Crippen molar-refractivity contribution in [1.29, 1.82) is 0 Å². The van der Waals surface area contributed by atoms with E-state index in [9.17, 15) is 4.79 Å². The number of H-pyrrole nitrogens is 1. The van der Waals surface area contributed by atoms with E-state index in [1.54, 1.807) is 13.3 Å². The van der Waals surface area contributed by atoms with Crippen LogP contribution in [0.4, 0.5) is 17.3 Å². The van der Waals surface area contributed by atoms with Crippen molar-refractivity contribution in [2.45, 2.75) is 24.7 Å². The SMILES string of the molecule is CCOc1cncnc1Nc1n[nH]c2cc([C@@H]3C[C@@]34C(=O)Nc3ccc(OC)cc34)ccc12. The number of ether oxygens (including phenoxy) is 2. The lowest BCUT2D eigenvalue weighted by Gasteiger charge is -2.10. The van der Waals surface area contributed by atoms with Crippen molar-refractivity contribution < 1.29 is 14.3 Å². The molecule has 2 aromatic heterocycles. The van der Waals surface area contributed by atoms with E-state index in [1.165, 1.54) is 6.33 Å². The third kappa shape index (κ3) is 2.92. The predicted molar refractivity (Wildman–Crippen MR) is 123 cm³/mol. The first-order valence-corrected chi connectivity index (χ1v) is 10.8. The number of aromatic nitrogens is 4. The highest BCUT2D eigenvalue weighted by Crippen LogP contribution is 2.65. The van der Waals surface area contributed by atoms with E-state index in [2.05, 4.69) is 42.9 Å². The summed E-state index contributed by atoms with van der Waals surface area (Å²) in [5.41, 5.74) is 3.32. The highest BCUT2D eigenvalue weighted by Gasteiger charge is 2.65. The smallest absolute Gasteiger partial charge is 0.235 e. The van der Waals surface area contributed by atoms with Crippen LogP contribution in [-0.2, 0) is 10.2 Å². The highest BCUT2D eigenvalue weighted by molar-refractivity contribution is 6.10. The van der Waals surface area contributed by atoms with E-state index in [4.69, 9.17) is 9.47 Å². The Labute approximate surface area is 189 Å². The number of hydrogen-bond donors (Lipinski definition) is 3. The fraction of sp³-hybridized carbons (Fsp3) is 0.250. The van der Waals surface area contributed by atoms with Gasteiger partial charge in [0.05, 0.1) is 30.8 Å². The van der Waals surface area contributed by atoms with Crippen molar-refractivity contribution in [3.05, 3.63) is 60.0 Å². The minimum Gasteiger partial charge on any atom is -0.497 e. The third-order valence-corrected chi connectivity index (χ3v) is 6.53. The molecule has 33 heavy (non-hydrogen) atoms. The molecule has 3 N–H and O–H groups in total. The molecule has 0 radical (unpaired) electrons. The monoisotopic (exact) mass is 442 g/mol. The van der Waals surface area contributed by atoms with Gasteiger partial charge in [-0.3, -0.25) is 9.89 Å². The zero-order valence-electron chi connectivity index (χ0n) is 18.2. The molecule has 1 saturated carbocycles. The molecule has 9 heteroatoms. The summed E-state index contributed by atoms with van der Waals surface area (Å²) < 4.78 is 11.0. The molecule has 2 aromatic carbocycles. The van der Waals surface area contributed by atoms with Crippen LogP contribution in [0.1, 0.15) is 30.4 Å². The molecule has 0 unspecified atom stereocenters. The Morgan fingerprint density at radius 1 is 1.21 bits per heavy atom. The van der Waals surface area contributed by atoms with Gasteiger partial charge in [-0.1, -0.05) is 6.07 Å². The maximum atomic E-state index is 12.9. The molecule has 1 amide bonds. The fourth-order valence-corrected chi connectivity index (χ4v) is 4.83. The summed E-state index contributed by atoms with van der Waals surface area (Å²) in [6.07, 6.45) is 3.85. The second-order valence-electron chi connectivity index (χ2n) is 8.26. The maximum Gasteiger partial charge on any atom is 0.235 e. The number of nitrogens with one attached hydrogen (secondary N) is 3. The van der Waals surface area contributed by atoms with Gasteiger partial charge in [0, 0.05) is 17.0 Å². The average Bonchev–Trinajstić information content (AvgIpc) is 3.39. The van der Waals surface area contributed by atoms with Gasteiger partial charge in [0.2, 0.25) is 5.91 Å². The van der Waals surface area contributed by atoms with Gasteiger partial charge in [0.15, 0.2) is 17.4 Å². The minimum absolute atomic E-state index is 0.0510. The van der Waals surface area contributed by atoms with Crippen LogP contribution in [-0.4, -0.2) is 39.8 Å². The van der Waals surface area contributed by atoms with E-state index in [0.717, 1.165) is 39.9 Å². The first kappa shape index (κ1) is 19.5. The molecule has 1 aliphatic heterocycles. The molecule has 1 aliphatic carbocycles. The maximum absolute atomic E-state index is 12.9. The fourth-order valence-electron chi connectivity index (χ4n) is 4.83. The van der Waals surface area contributed by atoms with E-state index >= 15 is 0 Å². The van der Waals surface area contributed by atoms with Crippen LogP contribution in [0.5, 0.6) is 11.5 Å². The minimum atomic E-state index is -0.536. The second-order valence-corrected chi connectivity index (χ2v) is 8.26. The van der Waals surface area contributed by atoms with Crippen LogP contribution >= 0.6 is 0 Å². The number of rotatable bonds is 6. The molecule has 4 aromatic rings. The molecule has 166 valence electrons. The van der Waals surface area contributed by atoms with Gasteiger partial charge in [-0.15, -0.1) is 0 Å². The van der Waals surface area contributed by atoms with Crippen molar-refractivity contribution in [2.75, 3.05) is 24.4 Å². The van der Waals surface area contributed by atoms with E-state index < -0.39 is 5.41 Å². The topological polar surface area (TPSA) is 114 Å². The molecular weight excluding hydrogens is 420 g/mol. The first-order chi connectivity index (χ1) is 16.1. The number of hydrogen-bond acceptors (Lipinski definition) is 7. The number of benzene rings is 2. The number of carbonyl (C=O) groups is 1. The zero-order chi connectivity index (χ0) is 22.6. The number of nitrogens with zero attached hydrogens (tertiary/aromatic N) is 3. The molecular formula is C24H22N6O3. The van der Waals surface area contributed by atoms with Crippen LogP contribution < -0.4 is 20.1 Å². The van der Waals surface area contributed by atoms with E-state index in [-0.39, 0.29) is 11.8 Å². The van der Waals surface area contributed by atoms with Crippen molar-refractivity contribution >= 4 is 34.1 Å². The van der Waals surface area contributed by atoms with Crippen molar-refractivity contribution in [2.24, 2.45) is 0 Å². The van der Waals surface area contributed by atoms with E-state index in [0.29, 0.717) is 24.0 Å². The number of amides is 1. The average molecular weight is 442 g/mol. The van der Waals surface area contributed by atoms with Crippen LogP contribution in [0.25, 0.3) is 10.9 Å². The molecule has 2 aliphatic rings. The second kappa shape index (κ2) is 7.19. The Bertz CT molecular complexity index is 1400. The molecule has 1 fully saturated rings. The van der Waals surface area contributed by atoms with Crippen LogP contribution in [0.2, 0.25) is 0 Å². The quantitative estimate of drug-likeness (QED) is 0.415. The Morgan fingerprint density at radius 3 is 2.97 bits per heavy atom. The number of anilines is 3. The highest BCUT2D eigenvalue weighted by atomic mass is 16.5. The Kier molecular flexibility index (Phi) is 4.26. The lowest BCUT2D eigenvalue weighted by Crippen LogP contribution is -2.21. The molecule has 9 nitrogen and oxygen atoms in total. The lowest BCUT2D eigenvalue weighted by molar-refractivity contribution is -0.118. The van der Waals surface area contributed by atoms with Gasteiger partial charge in [-0.05, 0) is 54.8 Å². The van der Waals surface area contributed by atoms with Gasteiger partial charge >= 0.3 is 0 Å². The summed E-state index contributed by atoms with van der Waals surface area (Å²) in [6.45, 7) is 2.42. The van der Waals surface area contributed by atoms with Crippen molar-refractivity contribution in [3.63, 3.8) is 0 Å². The predicted octanol–water partition coefficient (Wildman–Crippen LogP) is 3.88. The van der Waals surface area contributed by atoms with Gasteiger partial charge in [-0.25, -0.2) is 9.97 Å². The Morgan fingerprint density at radius 2 is 2.12 bits per heavy atom. The molecule has 3 heterocycles. The van der Waals surface area contributed by atoms with Crippen LogP contribution in [0.15, 0.2) is 48.9 Å². The Hall–Kier alpha value is -4.14. The summed E-state index contributed by atoms with van der Waals surface area (Å²) in [5.74, 6) is 2.67. The van der Waals surface area contributed by atoms with Gasteiger partial charge in [0.1, 0.15) is 12.1 Å². The molecule has 1 spiro atoms. The van der Waals surface area contributed by atoms with Gasteiger partial charge in [-0.2, -0.15) is 5.10 Å². The Balaban J connectivity index is 1.31. The number of carbonyl (C=O) groups excluding carboxylic acids is 1. The summed E-state index contributed by atoms with van der Waals surface area (Å²) in [6, 6.07) is 11.9. The third-order valence-electron chi connectivity index (χ3n) is 6.53. The lowest BCUT2D eigenvalue weighted by atomic mass is 9.91. The number of methoxy groups -OCH3 is 1. The normalized spacial score (nSPS) is 20.5. The standard InChI is InChI=1S/C24H22N6O3/c1-3-33-20-11-25-12-26-22(20)28-21-15-6-4-13(8-19(15)29-30-21)17-10-24(17)16-9-14(32-2)5-7-18(16)27-23(24)31/h4-9,11-12,17H,3,10H2,1-2H3,(H,27,31)(H2,25,26,28,29,30)/t17-,24-/m0/s1. The molecule has 0 saturated heterocycles. The summed E-state index contributed by atoms with van der Waals surface area (Å²) in [5, 5.41) is 14.7. The summed E-state index contributed by atoms with van der Waals surface area (Å²) >= 11 is 0. The molecule has 0 bridgehead atoms. The number of aromatic amines is 1. The van der Waals surface area contributed by atoms with Gasteiger partial charge < -0.3 is 20.1 Å². The summed E-state index contributed by atoms with van der Waals surface area (Å²) in [4.78, 5) is 21.2. The van der Waals surface area contributed by atoms with Crippen LogP contribution in [0.3, 0.4) is 0 Å². The number of fused-ring (bicyclic) bond motifs is 3.